The van der Waals surface area contributed by atoms with Crippen LogP contribution in [0.4, 0.5) is 0 Å². The van der Waals surface area contributed by atoms with Crippen molar-refractivity contribution in [2.75, 3.05) is 7.11 Å². The van der Waals surface area contributed by atoms with E-state index < -0.39 is 11.5 Å². The summed E-state index contributed by atoms with van der Waals surface area (Å²) in [5, 5.41) is 0.693. The average molecular weight is 333 g/mol. The molecule has 0 amide bonds. The number of pyridine rings is 1. The van der Waals surface area contributed by atoms with Gasteiger partial charge in [0.25, 0.3) is 5.56 Å². The second-order valence-corrected chi connectivity index (χ2v) is 5.05. The molecule has 0 bridgehead atoms. The molecular weight excluding hydrogens is 325 g/mol. The molecule has 104 valence electrons. The second kappa shape index (κ2) is 5.87. The minimum absolute atomic E-state index is 0.0860. The van der Waals surface area contributed by atoms with Gasteiger partial charge in [-0.1, -0.05) is 34.8 Å². The van der Waals surface area contributed by atoms with Crippen molar-refractivity contribution < 1.29 is 9.53 Å². The van der Waals surface area contributed by atoms with Crippen LogP contribution in [0, 0.1) is 0 Å². The number of esters is 1. The largest absolute Gasteiger partial charge is 0.465 e. The van der Waals surface area contributed by atoms with Gasteiger partial charge in [-0.15, -0.1) is 0 Å². The van der Waals surface area contributed by atoms with Gasteiger partial charge in [-0.05, 0) is 18.2 Å². The zero-order valence-electron chi connectivity index (χ0n) is 10.2. The number of carbonyl (C=O) groups excluding carboxylic acids is 1. The van der Waals surface area contributed by atoms with Crippen molar-refractivity contribution in [3.05, 3.63) is 55.4 Å². The molecule has 0 aliphatic rings. The quantitative estimate of drug-likeness (QED) is 0.672. The third-order valence-corrected chi connectivity index (χ3v) is 3.68. The number of nitrogens with one attached hydrogen (secondary N) is 1. The standard InChI is InChI=1S/C13H8Cl3NO3/c1-20-13(19)6-2-3-17-12(18)11(6)7-4-9(15)10(16)5-8(7)14/h2-5H,1H3,(H,17,18). The van der Waals surface area contributed by atoms with E-state index in [4.69, 9.17) is 34.8 Å². The Bertz CT molecular complexity index is 740. The lowest BCUT2D eigenvalue weighted by Gasteiger charge is -2.09. The van der Waals surface area contributed by atoms with E-state index >= 15 is 0 Å². The molecule has 1 N–H and O–H groups in total. The number of carbonyl (C=O) groups is 1. The van der Waals surface area contributed by atoms with Crippen molar-refractivity contribution in [1.82, 2.24) is 4.98 Å². The van der Waals surface area contributed by atoms with Gasteiger partial charge in [-0.25, -0.2) is 4.79 Å². The summed E-state index contributed by atoms with van der Waals surface area (Å²) >= 11 is 17.9. The summed E-state index contributed by atoms with van der Waals surface area (Å²) in [6, 6.07) is 4.28. The smallest absolute Gasteiger partial charge is 0.338 e. The molecule has 0 aliphatic carbocycles. The van der Waals surface area contributed by atoms with Gasteiger partial charge in [0.1, 0.15) is 0 Å². The zero-order valence-corrected chi connectivity index (χ0v) is 12.4. The van der Waals surface area contributed by atoms with E-state index in [0.717, 1.165) is 0 Å². The molecule has 1 aromatic carbocycles. The van der Waals surface area contributed by atoms with E-state index in [0.29, 0.717) is 5.56 Å². The van der Waals surface area contributed by atoms with Gasteiger partial charge in [-0.3, -0.25) is 4.79 Å². The van der Waals surface area contributed by atoms with Gasteiger partial charge in [0, 0.05) is 11.8 Å². The molecule has 2 rings (SSSR count). The summed E-state index contributed by atoms with van der Waals surface area (Å²) in [5.74, 6) is -0.645. The van der Waals surface area contributed by atoms with Crippen LogP contribution >= 0.6 is 34.8 Å². The van der Waals surface area contributed by atoms with Crippen LogP contribution in [-0.2, 0) is 4.74 Å². The van der Waals surface area contributed by atoms with Crippen molar-refractivity contribution in [3.63, 3.8) is 0 Å². The number of benzene rings is 1. The monoisotopic (exact) mass is 331 g/mol. The summed E-state index contributed by atoms with van der Waals surface area (Å²) in [5.41, 5.74) is 0.0101. The number of ether oxygens (including phenoxy) is 1. The number of H-pyrrole nitrogens is 1. The highest BCUT2D eigenvalue weighted by molar-refractivity contribution is 6.44. The Labute approximate surface area is 129 Å². The maximum atomic E-state index is 12.0. The highest BCUT2D eigenvalue weighted by atomic mass is 35.5. The minimum Gasteiger partial charge on any atom is -0.465 e. The molecule has 20 heavy (non-hydrogen) atoms. The topological polar surface area (TPSA) is 59.2 Å². The molecule has 0 saturated carbocycles. The van der Waals surface area contributed by atoms with E-state index in [1.54, 1.807) is 0 Å². The fourth-order valence-corrected chi connectivity index (χ4v) is 2.38. The van der Waals surface area contributed by atoms with E-state index in [2.05, 4.69) is 9.72 Å². The van der Waals surface area contributed by atoms with Crippen LogP contribution in [0.2, 0.25) is 15.1 Å². The van der Waals surface area contributed by atoms with Crippen LogP contribution in [0.5, 0.6) is 0 Å². The molecule has 2 aromatic rings. The van der Waals surface area contributed by atoms with Crippen molar-refractivity contribution in [1.29, 1.82) is 0 Å². The van der Waals surface area contributed by atoms with E-state index in [-0.39, 0.29) is 26.2 Å². The predicted molar refractivity (Wildman–Crippen MR) is 78.9 cm³/mol. The van der Waals surface area contributed by atoms with Crippen LogP contribution in [0.3, 0.4) is 0 Å². The van der Waals surface area contributed by atoms with Crippen LogP contribution < -0.4 is 5.56 Å². The summed E-state index contributed by atoms with van der Waals surface area (Å²) < 4.78 is 4.65. The molecule has 1 aromatic heterocycles. The fraction of sp³-hybridized carbons (Fsp3) is 0.0769. The molecule has 0 atom stereocenters. The van der Waals surface area contributed by atoms with Crippen LogP contribution in [0.1, 0.15) is 10.4 Å². The number of hydrogen-bond acceptors (Lipinski definition) is 3. The number of rotatable bonds is 2. The lowest BCUT2D eigenvalue weighted by molar-refractivity contribution is 0.0601. The van der Waals surface area contributed by atoms with E-state index in [9.17, 15) is 9.59 Å². The molecular formula is C13H8Cl3NO3. The summed E-state index contributed by atoms with van der Waals surface area (Å²) in [7, 11) is 1.23. The van der Waals surface area contributed by atoms with Crippen LogP contribution in [0.25, 0.3) is 11.1 Å². The first-order valence-corrected chi connectivity index (χ1v) is 6.54. The number of aromatic nitrogens is 1. The third-order valence-electron chi connectivity index (χ3n) is 2.65. The number of aromatic amines is 1. The Morgan fingerprint density at radius 3 is 2.45 bits per heavy atom. The molecule has 1 heterocycles. The van der Waals surface area contributed by atoms with Gasteiger partial charge >= 0.3 is 5.97 Å². The predicted octanol–water partition coefficient (Wildman–Crippen LogP) is 3.79. The van der Waals surface area contributed by atoms with Crippen molar-refractivity contribution in [2.45, 2.75) is 0 Å². The lowest BCUT2D eigenvalue weighted by atomic mass is 10.0. The molecule has 0 saturated heterocycles. The van der Waals surface area contributed by atoms with Gasteiger partial charge in [0.15, 0.2) is 0 Å². The normalized spacial score (nSPS) is 10.4. The first-order valence-electron chi connectivity index (χ1n) is 5.40. The Kier molecular flexibility index (Phi) is 4.38. The van der Waals surface area contributed by atoms with Crippen LogP contribution in [-0.4, -0.2) is 18.1 Å². The Morgan fingerprint density at radius 1 is 1.15 bits per heavy atom. The third kappa shape index (κ3) is 2.68. The lowest BCUT2D eigenvalue weighted by Crippen LogP contribution is -2.15. The zero-order chi connectivity index (χ0) is 14.9. The molecule has 0 unspecified atom stereocenters. The number of hydrogen-bond donors (Lipinski definition) is 1. The minimum atomic E-state index is -0.645. The fourth-order valence-electron chi connectivity index (χ4n) is 1.74. The molecule has 4 nitrogen and oxygen atoms in total. The van der Waals surface area contributed by atoms with Crippen LogP contribution in [0.15, 0.2) is 29.2 Å². The molecule has 0 aliphatic heterocycles. The highest BCUT2D eigenvalue weighted by Gasteiger charge is 2.19. The summed E-state index contributed by atoms with van der Waals surface area (Å²) in [4.78, 5) is 26.2. The molecule has 7 heteroatoms. The summed E-state index contributed by atoms with van der Waals surface area (Å²) in [6.07, 6.45) is 1.35. The SMILES string of the molecule is COC(=O)c1cc[nH]c(=O)c1-c1cc(Cl)c(Cl)cc1Cl. The van der Waals surface area contributed by atoms with Crippen molar-refractivity contribution >= 4 is 40.8 Å². The Hall–Kier alpha value is -1.49. The van der Waals surface area contributed by atoms with Gasteiger partial charge < -0.3 is 9.72 Å². The Balaban J connectivity index is 2.79. The first kappa shape index (κ1) is 14.9. The van der Waals surface area contributed by atoms with E-state index in [1.165, 1.54) is 31.5 Å². The van der Waals surface area contributed by atoms with E-state index in [1.807, 2.05) is 0 Å². The van der Waals surface area contributed by atoms with Crippen molar-refractivity contribution in [3.8, 4) is 11.1 Å². The maximum absolute atomic E-state index is 12.0. The van der Waals surface area contributed by atoms with Gasteiger partial charge in [0.2, 0.25) is 0 Å². The van der Waals surface area contributed by atoms with Crippen molar-refractivity contribution in [2.24, 2.45) is 0 Å². The Morgan fingerprint density at radius 2 is 1.80 bits per heavy atom. The maximum Gasteiger partial charge on any atom is 0.338 e. The second-order valence-electron chi connectivity index (χ2n) is 3.83. The van der Waals surface area contributed by atoms with Gasteiger partial charge in [0.05, 0.1) is 33.3 Å². The highest BCUT2D eigenvalue weighted by Crippen LogP contribution is 2.35. The number of methoxy groups -OCH3 is 1. The van der Waals surface area contributed by atoms with Gasteiger partial charge in [-0.2, -0.15) is 0 Å². The first-order chi connectivity index (χ1) is 9.45. The molecule has 0 radical (unpaired) electrons. The summed E-state index contributed by atoms with van der Waals surface area (Å²) in [6.45, 7) is 0. The molecule has 0 fully saturated rings. The molecule has 0 spiro atoms. The number of halogens is 3. The average Bonchev–Trinajstić information content (AvgIpc) is 2.42.